The van der Waals surface area contributed by atoms with E-state index in [0.717, 1.165) is 38.6 Å². The van der Waals surface area contributed by atoms with Gasteiger partial charge in [0.2, 0.25) is 0 Å². The van der Waals surface area contributed by atoms with Gasteiger partial charge in [-0.15, -0.1) is 0 Å². The van der Waals surface area contributed by atoms with Gasteiger partial charge in [-0.05, 0) is 69.4 Å². The maximum atomic E-state index is 13.4. The van der Waals surface area contributed by atoms with Gasteiger partial charge in [0.1, 0.15) is 17.3 Å². The molecule has 5 rings (SSSR count). The molecule has 0 saturated carbocycles. The highest BCUT2D eigenvalue weighted by atomic mass is 19.1. The van der Waals surface area contributed by atoms with E-state index in [-0.39, 0.29) is 5.82 Å². The minimum atomic E-state index is -0.240. The molecule has 2 N–H and O–H groups in total. The first-order valence-corrected chi connectivity index (χ1v) is 10.7. The van der Waals surface area contributed by atoms with Crippen LogP contribution in [0.4, 0.5) is 10.1 Å². The number of hydrogen-bond acceptors (Lipinski definition) is 2. The second-order valence-corrected chi connectivity index (χ2v) is 7.86. The highest BCUT2D eigenvalue weighted by molar-refractivity contribution is 6.02. The first-order valence-electron chi connectivity index (χ1n) is 10.7. The van der Waals surface area contributed by atoms with Crippen molar-refractivity contribution in [2.75, 3.05) is 5.73 Å². The number of ether oxygens (including phenoxy) is 1. The number of para-hydroxylation sites is 2. The van der Waals surface area contributed by atoms with Gasteiger partial charge in [0.05, 0.1) is 5.69 Å². The summed E-state index contributed by atoms with van der Waals surface area (Å²) >= 11 is 0. The number of halogens is 1. The number of nitrogen functional groups attached to an aromatic ring is 1. The van der Waals surface area contributed by atoms with Gasteiger partial charge in [-0.1, -0.05) is 79.4 Å². The molecule has 3 heteroatoms. The Balaban J connectivity index is 1.56. The quantitative estimate of drug-likeness (QED) is 0.226. The molecule has 0 aromatic heterocycles. The minimum absolute atomic E-state index is 0.240. The van der Waals surface area contributed by atoms with Crippen LogP contribution in [-0.4, -0.2) is 0 Å². The molecule has 0 bridgehead atoms. The Morgan fingerprint density at radius 1 is 0.667 bits per heavy atom. The first-order chi connectivity index (χ1) is 16.1. The molecular weight excluding hydrogens is 409 g/mol. The van der Waals surface area contributed by atoms with Gasteiger partial charge in [-0.2, -0.15) is 0 Å². The molecule has 2 nitrogen and oxygen atoms in total. The number of nitrogens with two attached hydrogens (primary N) is 1. The van der Waals surface area contributed by atoms with Gasteiger partial charge >= 0.3 is 0 Å². The Morgan fingerprint density at radius 3 is 2.15 bits per heavy atom. The standard InChI is InChI=1S/C30H22FNO/c1-20(33-30-12-5-4-11-29(30)32)25-17-18-26(28-10-3-2-9-27(25)28)23-8-6-7-22(19-23)21-13-15-24(31)16-14-21/h2-19H,1,32H2. The molecule has 0 aliphatic carbocycles. The molecule has 160 valence electrons. The molecule has 5 aromatic rings. The summed E-state index contributed by atoms with van der Waals surface area (Å²) in [6, 6.07) is 34.6. The maximum absolute atomic E-state index is 13.4. The fourth-order valence-corrected chi connectivity index (χ4v) is 4.06. The van der Waals surface area contributed by atoms with Gasteiger partial charge < -0.3 is 10.5 Å². The third kappa shape index (κ3) is 4.09. The average Bonchev–Trinajstić information content (AvgIpc) is 2.85. The number of rotatable bonds is 5. The Hall–Kier alpha value is -4.37. The molecule has 0 radical (unpaired) electrons. The molecule has 0 saturated heterocycles. The summed E-state index contributed by atoms with van der Waals surface area (Å²) in [6.07, 6.45) is 0. The molecule has 0 atom stereocenters. The monoisotopic (exact) mass is 431 g/mol. The van der Waals surface area contributed by atoms with Crippen molar-refractivity contribution in [1.29, 1.82) is 0 Å². The normalized spacial score (nSPS) is 10.8. The van der Waals surface area contributed by atoms with Crippen LogP contribution < -0.4 is 10.5 Å². The van der Waals surface area contributed by atoms with Crippen molar-refractivity contribution in [3.05, 3.63) is 127 Å². The molecule has 0 amide bonds. The molecule has 0 spiro atoms. The van der Waals surface area contributed by atoms with Gasteiger partial charge in [0.15, 0.2) is 0 Å². The van der Waals surface area contributed by atoms with Crippen molar-refractivity contribution in [3.63, 3.8) is 0 Å². The van der Waals surface area contributed by atoms with E-state index in [2.05, 4.69) is 36.9 Å². The van der Waals surface area contributed by atoms with E-state index >= 15 is 0 Å². The topological polar surface area (TPSA) is 35.2 Å². The van der Waals surface area contributed by atoms with Crippen molar-refractivity contribution < 1.29 is 9.13 Å². The zero-order valence-corrected chi connectivity index (χ0v) is 18.0. The van der Waals surface area contributed by atoms with Crippen molar-refractivity contribution >= 4 is 22.2 Å². The summed E-state index contributed by atoms with van der Waals surface area (Å²) in [5.74, 6) is 0.884. The largest absolute Gasteiger partial charge is 0.455 e. The van der Waals surface area contributed by atoms with Crippen molar-refractivity contribution in [2.24, 2.45) is 0 Å². The smallest absolute Gasteiger partial charge is 0.150 e. The zero-order valence-electron chi connectivity index (χ0n) is 18.0. The lowest BCUT2D eigenvalue weighted by Crippen LogP contribution is -1.98. The van der Waals surface area contributed by atoms with Crippen LogP contribution in [0.3, 0.4) is 0 Å². The summed E-state index contributed by atoms with van der Waals surface area (Å²) in [7, 11) is 0. The van der Waals surface area contributed by atoms with Crippen LogP contribution in [0.1, 0.15) is 5.56 Å². The van der Waals surface area contributed by atoms with Crippen LogP contribution in [0.5, 0.6) is 5.75 Å². The van der Waals surface area contributed by atoms with Gasteiger partial charge in [-0.25, -0.2) is 4.39 Å². The second kappa shape index (κ2) is 8.64. The fraction of sp³-hybridized carbons (Fsp3) is 0. The summed E-state index contributed by atoms with van der Waals surface area (Å²) in [4.78, 5) is 0. The van der Waals surface area contributed by atoms with Crippen LogP contribution >= 0.6 is 0 Å². The lowest BCUT2D eigenvalue weighted by Gasteiger charge is -2.15. The van der Waals surface area contributed by atoms with E-state index in [9.17, 15) is 4.39 Å². The van der Waals surface area contributed by atoms with E-state index < -0.39 is 0 Å². The average molecular weight is 432 g/mol. The second-order valence-electron chi connectivity index (χ2n) is 7.86. The third-order valence-corrected chi connectivity index (χ3v) is 5.73. The third-order valence-electron chi connectivity index (χ3n) is 5.73. The van der Waals surface area contributed by atoms with E-state index in [1.165, 1.54) is 12.1 Å². The lowest BCUT2D eigenvalue weighted by atomic mass is 9.93. The van der Waals surface area contributed by atoms with E-state index in [0.29, 0.717) is 17.2 Å². The SMILES string of the molecule is C=C(Oc1ccccc1N)c1ccc(-c2cccc(-c3ccc(F)cc3)c2)c2ccccc12. The molecule has 0 heterocycles. The summed E-state index contributed by atoms with van der Waals surface area (Å²) in [6.45, 7) is 4.17. The van der Waals surface area contributed by atoms with Crippen LogP contribution in [0, 0.1) is 5.82 Å². The van der Waals surface area contributed by atoms with E-state index in [4.69, 9.17) is 10.5 Å². The predicted molar refractivity (Wildman–Crippen MR) is 135 cm³/mol. The van der Waals surface area contributed by atoms with Crippen molar-refractivity contribution in [3.8, 4) is 28.0 Å². The zero-order chi connectivity index (χ0) is 22.8. The van der Waals surface area contributed by atoms with Crippen LogP contribution in [-0.2, 0) is 0 Å². The maximum Gasteiger partial charge on any atom is 0.150 e. The van der Waals surface area contributed by atoms with Crippen molar-refractivity contribution in [2.45, 2.75) is 0 Å². The lowest BCUT2D eigenvalue weighted by molar-refractivity contribution is 0.520. The molecule has 33 heavy (non-hydrogen) atoms. The Bertz CT molecular complexity index is 1470. The molecule has 0 aliphatic rings. The summed E-state index contributed by atoms with van der Waals surface area (Å²) in [5, 5.41) is 2.14. The van der Waals surface area contributed by atoms with Gasteiger partial charge in [0, 0.05) is 5.56 Å². The Kier molecular flexibility index (Phi) is 5.37. The van der Waals surface area contributed by atoms with Crippen LogP contribution in [0.25, 0.3) is 38.8 Å². The minimum Gasteiger partial charge on any atom is -0.455 e. The van der Waals surface area contributed by atoms with E-state index in [1.807, 2.05) is 48.5 Å². The van der Waals surface area contributed by atoms with Crippen LogP contribution in [0.2, 0.25) is 0 Å². The van der Waals surface area contributed by atoms with Crippen LogP contribution in [0.15, 0.2) is 116 Å². The Labute approximate surface area is 192 Å². The molecule has 0 fully saturated rings. The van der Waals surface area contributed by atoms with Gasteiger partial charge in [-0.3, -0.25) is 0 Å². The molecule has 0 unspecified atom stereocenters. The highest BCUT2D eigenvalue weighted by Crippen LogP contribution is 2.36. The van der Waals surface area contributed by atoms with Gasteiger partial charge in [0.25, 0.3) is 0 Å². The van der Waals surface area contributed by atoms with E-state index in [1.54, 1.807) is 18.2 Å². The number of benzene rings is 5. The van der Waals surface area contributed by atoms with Crippen molar-refractivity contribution in [1.82, 2.24) is 0 Å². The number of hydrogen-bond donors (Lipinski definition) is 1. The number of fused-ring (bicyclic) bond motifs is 1. The molecular formula is C30H22FNO. The fourth-order valence-electron chi connectivity index (χ4n) is 4.06. The Morgan fingerprint density at radius 2 is 1.36 bits per heavy atom. The number of anilines is 1. The molecule has 0 aliphatic heterocycles. The summed E-state index contributed by atoms with van der Waals surface area (Å²) < 4.78 is 19.4. The first kappa shape index (κ1) is 20.5. The molecule has 5 aromatic carbocycles. The highest BCUT2D eigenvalue weighted by Gasteiger charge is 2.13. The predicted octanol–water partition coefficient (Wildman–Crippen LogP) is 7.94. The summed E-state index contributed by atoms with van der Waals surface area (Å²) in [5.41, 5.74) is 11.7.